The molecule has 0 spiro atoms. The van der Waals surface area contributed by atoms with Gasteiger partial charge in [0.2, 0.25) is 0 Å². The average Bonchev–Trinajstić information content (AvgIpc) is 2.60. The number of benzene rings is 2. The van der Waals surface area contributed by atoms with Gasteiger partial charge in [-0.3, -0.25) is 0 Å². The molecule has 138 valence electrons. The maximum Gasteiger partial charge on any atom is 0.161 e. The van der Waals surface area contributed by atoms with Gasteiger partial charge in [-0.2, -0.15) is 0 Å². The summed E-state index contributed by atoms with van der Waals surface area (Å²) in [6.07, 6.45) is 0.995. The van der Waals surface area contributed by atoms with E-state index in [0.29, 0.717) is 11.6 Å². The lowest BCUT2D eigenvalue weighted by atomic mass is 10.2. The summed E-state index contributed by atoms with van der Waals surface area (Å²) in [7, 11) is 3.37. The maximum absolute atomic E-state index is 5.99. The van der Waals surface area contributed by atoms with Crippen LogP contribution in [0.5, 0.6) is 11.5 Å². The van der Waals surface area contributed by atoms with Crippen LogP contribution in [0.2, 0.25) is 5.02 Å². The summed E-state index contributed by atoms with van der Waals surface area (Å²) in [6.45, 7) is 2.93. The van der Waals surface area contributed by atoms with Crippen LogP contribution in [0, 0.1) is 0 Å². The molecule has 0 aliphatic rings. The second-order valence-electron chi connectivity index (χ2n) is 5.43. The predicted molar refractivity (Wildman–Crippen MR) is 104 cm³/mol. The number of methoxy groups -OCH3 is 2. The van der Waals surface area contributed by atoms with Crippen LogP contribution in [-0.4, -0.2) is 27.4 Å². The molecule has 0 saturated carbocycles. The third-order valence-corrected chi connectivity index (χ3v) is 3.78. The Bertz CT molecular complexity index is 638. The van der Waals surface area contributed by atoms with Crippen LogP contribution < -0.4 is 14.8 Å². The van der Waals surface area contributed by atoms with Crippen molar-refractivity contribution >= 4 is 24.0 Å². The van der Waals surface area contributed by atoms with E-state index in [1.165, 1.54) is 0 Å². The highest BCUT2D eigenvalue weighted by molar-refractivity contribution is 6.30. The smallest absolute Gasteiger partial charge is 0.161 e. The first kappa shape index (κ1) is 21.6. The lowest BCUT2D eigenvalue weighted by Gasteiger charge is -2.13. The number of rotatable bonds is 10. The topological polar surface area (TPSA) is 39.7 Å². The fourth-order valence-corrected chi connectivity index (χ4v) is 2.52. The van der Waals surface area contributed by atoms with E-state index in [1.54, 1.807) is 14.2 Å². The Morgan fingerprint density at radius 1 is 1.00 bits per heavy atom. The van der Waals surface area contributed by atoms with Gasteiger partial charge >= 0.3 is 0 Å². The normalized spacial score (nSPS) is 10.2. The minimum atomic E-state index is 0. The van der Waals surface area contributed by atoms with Gasteiger partial charge in [-0.05, 0) is 48.4 Å². The number of halogens is 2. The molecule has 0 saturated heterocycles. The van der Waals surface area contributed by atoms with Crippen LogP contribution in [0.4, 0.5) is 0 Å². The Labute approximate surface area is 160 Å². The van der Waals surface area contributed by atoms with Gasteiger partial charge in [0.25, 0.3) is 0 Å². The van der Waals surface area contributed by atoms with E-state index in [4.69, 9.17) is 25.8 Å². The van der Waals surface area contributed by atoms with Crippen molar-refractivity contribution in [1.29, 1.82) is 0 Å². The molecule has 0 atom stereocenters. The van der Waals surface area contributed by atoms with E-state index in [9.17, 15) is 0 Å². The standard InChI is InChI=1S/C19H24ClNO3.ClH/c1-22-10-4-9-21-13-15-7-8-18(19(12-15)23-2)24-14-16-5-3-6-17(20)11-16;/h3,5-8,11-12,21H,4,9-10,13-14H2,1-2H3;1H. The van der Waals surface area contributed by atoms with Gasteiger partial charge in [0.1, 0.15) is 6.61 Å². The Kier molecular flexibility index (Phi) is 10.3. The summed E-state index contributed by atoms with van der Waals surface area (Å²) in [5, 5.41) is 4.09. The molecule has 6 heteroatoms. The summed E-state index contributed by atoms with van der Waals surface area (Å²) >= 11 is 5.99. The molecular weight excluding hydrogens is 361 g/mol. The average molecular weight is 386 g/mol. The fraction of sp³-hybridized carbons (Fsp3) is 0.368. The van der Waals surface area contributed by atoms with Crippen LogP contribution in [0.1, 0.15) is 17.5 Å². The van der Waals surface area contributed by atoms with Crippen molar-refractivity contribution in [2.24, 2.45) is 0 Å². The monoisotopic (exact) mass is 385 g/mol. The molecule has 2 aromatic rings. The SMILES string of the molecule is COCCCNCc1ccc(OCc2cccc(Cl)c2)c(OC)c1.Cl. The van der Waals surface area contributed by atoms with Crippen molar-refractivity contribution in [2.75, 3.05) is 27.4 Å². The molecule has 25 heavy (non-hydrogen) atoms. The molecule has 2 rings (SSSR count). The van der Waals surface area contributed by atoms with Crippen LogP contribution in [-0.2, 0) is 17.9 Å². The van der Waals surface area contributed by atoms with E-state index in [-0.39, 0.29) is 12.4 Å². The Morgan fingerprint density at radius 3 is 2.56 bits per heavy atom. The molecule has 0 radical (unpaired) electrons. The molecule has 1 N–H and O–H groups in total. The minimum absolute atomic E-state index is 0. The van der Waals surface area contributed by atoms with Gasteiger partial charge in [-0.25, -0.2) is 0 Å². The highest BCUT2D eigenvalue weighted by Crippen LogP contribution is 2.29. The van der Waals surface area contributed by atoms with E-state index in [0.717, 1.165) is 48.7 Å². The first-order chi connectivity index (χ1) is 11.7. The third-order valence-electron chi connectivity index (χ3n) is 3.54. The first-order valence-corrected chi connectivity index (χ1v) is 8.34. The zero-order valence-electron chi connectivity index (χ0n) is 14.6. The molecule has 0 heterocycles. The van der Waals surface area contributed by atoms with E-state index >= 15 is 0 Å². The number of ether oxygens (including phenoxy) is 3. The third kappa shape index (κ3) is 7.53. The van der Waals surface area contributed by atoms with E-state index in [2.05, 4.69) is 5.32 Å². The second kappa shape index (κ2) is 12.0. The summed E-state index contributed by atoms with van der Waals surface area (Å²) in [6, 6.07) is 13.6. The number of hydrogen-bond acceptors (Lipinski definition) is 4. The highest BCUT2D eigenvalue weighted by atomic mass is 35.5. The summed E-state index contributed by atoms with van der Waals surface area (Å²) < 4.78 is 16.3. The van der Waals surface area contributed by atoms with Gasteiger partial charge < -0.3 is 19.5 Å². The summed E-state index contributed by atoms with van der Waals surface area (Å²) in [4.78, 5) is 0. The molecule has 0 bridgehead atoms. The molecular formula is C19H25Cl2NO3. The molecule has 4 nitrogen and oxygen atoms in total. The van der Waals surface area contributed by atoms with Crippen molar-refractivity contribution in [2.45, 2.75) is 19.6 Å². The quantitative estimate of drug-likeness (QED) is 0.612. The van der Waals surface area contributed by atoms with Crippen LogP contribution in [0.3, 0.4) is 0 Å². The van der Waals surface area contributed by atoms with Crippen molar-refractivity contribution in [3.05, 3.63) is 58.6 Å². The van der Waals surface area contributed by atoms with Gasteiger partial charge in [0, 0.05) is 25.3 Å². The number of hydrogen-bond donors (Lipinski definition) is 1. The second-order valence-corrected chi connectivity index (χ2v) is 5.86. The van der Waals surface area contributed by atoms with E-state index in [1.807, 2.05) is 42.5 Å². The van der Waals surface area contributed by atoms with Gasteiger partial charge in [-0.1, -0.05) is 29.8 Å². The minimum Gasteiger partial charge on any atom is -0.493 e. The van der Waals surface area contributed by atoms with Crippen LogP contribution in [0.15, 0.2) is 42.5 Å². The fourth-order valence-electron chi connectivity index (χ4n) is 2.30. The molecule has 0 unspecified atom stereocenters. The van der Waals surface area contributed by atoms with Gasteiger partial charge in [0.15, 0.2) is 11.5 Å². The molecule has 2 aromatic carbocycles. The molecule has 0 aromatic heterocycles. The van der Waals surface area contributed by atoms with Crippen molar-refractivity contribution in [1.82, 2.24) is 5.32 Å². The Hall–Kier alpha value is -1.46. The van der Waals surface area contributed by atoms with Crippen LogP contribution in [0.25, 0.3) is 0 Å². The van der Waals surface area contributed by atoms with Crippen molar-refractivity contribution in [3.63, 3.8) is 0 Å². The molecule has 0 amide bonds. The first-order valence-electron chi connectivity index (χ1n) is 7.96. The zero-order chi connectivity index (χ0) is 17.2. The summed E-state index contributed by atoms with van der Waals surface area (Å²) in [5.41, 5.74) is 2.17. The maximum atomic E-state index is 5.99. The molecule has 0 aliphatic heterocycles. The van der Waals surface area contributed by atoms with Crippen LogP contribution >= 0.6 is 24.0 Å². The van der Waals surface area contributed by atoms with Gasteiger partial charge in [-0.15, -0.1) is 12.4 Å². The largest absolute Gasteiger partial charge is 0.493 e. The van der Waals surface area contributed by atoms with Gasteiger partial charge in [0.05, 0.1) is 7.11 Å². The Balaban J connectivity index is 0.00000312. The zero-order valence-corrected chi connectivity index (χ0v) is 16.2. The Morgan fingerprint density at radius 2 is 1.84 bits per heavy atom. The van der Waals surface area contributed by atoms with E-state index < -0.39 is 0 Å². The lowest BCUT2D eigenvalue weighted by molar-refractivity contribution is 0.194. The van der Waals surface area contributed by atoms with Crippen molar-refractivity contribution in [3.8, 4) is 11.5 Å². The number of nitrogens with one attached hydrogen (secondary N) is 1. The molecule has 0 aliphatic carbocycles. The molecule has 0 fully saturated rings. The highest BCUT2D eigenvalue weighted by Gasteiger charge is 2.06. The summed E-state index contributed by atoms with van der Waals surface area (Å²) in [5.74, 6) is 1.45. The predicted octanol–water partition coefficient (Wildman–Crippen LogP) is 4.48. The lowest BCUT2D eigenvalue weighted by Crippen LogP contribution is -2.16. The van der Waals surface area contributed by atoms with Crippen molar-refractivity contribution < 1.29 is 14.2 Å².